The summed E-state index contributed by atoms with van der Waals surface area (Å²) in [6.45, 7) is -0.0129. The molecule has 0 radical (unpaired) electrons. The van der Waals surface area contributed by atoms with Crippen LogP contribution in [0.15, 0.2) is 24.3 Å². The second kappa shape index (κ2) is 6.98. The van der Waals surface area contributed by atoms with Crippen molar-refractivity contribution >= 4 is 21.4 Å². The van der Waals surface area contributed by atoms with E-state index in [4.69, 9.17) is 0 Å². The molecule has 1 N–H and O–H groups in total. The molecule has 1 aliphatic heterocycles. The van der Waals surface area contributed by atoms with Gasteiger partial charge in [-0.1, -0.05) is 0 Å². The third kappa shape index (κ3) is 5.68. The van der Waals surface area contributed by atoms with E-state index < -0.39 is 16.2 Å². The largest absolute Gasteiger partial charge is 0.573 e. The predicted octanol–water partition coefficient (Wildman–Crippen LogP) is 1.64. The van der Waals surface area contributed by atoms with Gasteiger partial charge in [-0.3, -0.25) is 9.69 Å². The highest BCUT2D eigenvalue weighted by molar-refractivity contribution is 7.91. The van der Waals surface area contributed by atoms with Gasteiger partial charge in [0.05, 0.1) is 18.1 Å². The van der Waals surface area contributed by atoms with E-state index in [1.54, 1.807) is 11.9 Å². The Bertz CT molecular complexity index is 689. The minimum atomic E-state index is -4.77. The number of likely N-dealkylation sites (N-methyl/N-ethyl adjacent to an activating group) is 1. The van der Waals surface area contributed by atoms with Gasteiger partial charge in [0.2, 0.25) is 5.91 Å². The van der Waals surface area contributed by atoms with Crippen molar-refractivity contribution in [3.8, 4) is 5.75 Å². The lowest BCUT2D eigenvalue weighted by molar-refractivity contribution is -0.274. The fraction of sp³-hybridized carbons (Fsp3) is 0.500. The zero-order valence-electron chi connectivity index (χ0n) is 12.8. The summed E-state index contributed by atoms with van der Waals surface area (Å²) in [7, 11) is -1.38. The number of carbonyl (C=O) groups is 1. The third-order valence-corrected chi connectivity index (χ3v) is 5.35. The molecule has 1 aliphatic rings. The molecule has 10 heteroatoms. The molecule has 1 aromatic rings. The number of hydrogen-bond acceptors (Lipinski definition) is 5. The maximum absolute atomic E-state index is 12.1. The molecule has 0 aromatic heterocycles. The van der Waals surface area contributed by atoms with Gasteiger partial charge >= 0.3 is 6.36 Å². The van der Waals surface area contributed by atoms with Gasteiger partial charge in [-0.05, 0) is 37.7 Å². The number of amides is 1. The molecular weight excluding hydrogens is 349 g/mol. The first-order chi connectivity index (χ1) is 11.0. The average molecular weight is 366 g/mol. The van der Waals surface area contributed by atoms with E-state index >= 15 is 0 Å². The lowest BCUT2D eigenvalue weighted by Crippen LogP contribution is -2.38. The zero-order valence-corrected chi connectivity index (χ0v) is 13.7. The number of ether oxygens (including phenoxy) is 1. The van der Waals surface area contributed by atoms with Crippen molar-refractivity contribution in [2.24, 2.45) is 0 Å². The molecule has 134 valence electrons. The Balaban J connectivity index is 1.86. The molecule has 1 amide bonds. The second-order valence-corrected chi connectivity index (χ2v) is 7.82. The Hall–Kier alpha value is -1.81. The van der Waals surface area contributed by atoms with Crippen LogP contribution in [0.25, 0.3) is 0 Å². The van der Waals surface area contributed by atoms with E-state index in [1.807, 2.05) is 0 Å². The maximum atomic E-state index is 12.1. The van der Waals surface area contributed by atoms with Crippen molar-refractivity contribution in [2.45, 2.75) is 18.8 Å². The molecule has 0 unspecified atom stereocenters. The number of alkyl halides is 3. The van der Waals surface area contributed by atoms with Gasteiger partial charge in [0.25, 0.3) is 0 Å². The number of sulfone groups is 1. The van der Waals surface area contributed by atoms with Crippen molar-refractivity contribution in [1.82, 2.24) is 4.90 Å². The van der Waals surface area contributed by atoms with E-state index in [2.05, 4.69) is 10.1 Å². The van der Waals surface area contributed by atoms with Crippen LogP contribution in [0.3, 0.4) is 0 Å². The van der Waals surface area contributed by atoms with Crippen LogP contribution in [0, 0.1) is 0 Å². The summed E-state index contributed by atoms with van der Waals surface area (Å²) in [5.74, 6) is -0.620. The Morgan fingerprint density at radius 3 is 2.46 bits per heavy atom. The standard InChI is InChI=1S/C14H17F3N2O4S/c1-19(11-6-7-24(21,22)9-11)8-13(20)18-10-2-4-12(5-3-10)23-14(15,16)17/h2-5,11H,6-9H2,1H3,(H,18,20)/t11-/m0/s1. The van der Waals surface area contributed by atoms with E-state index in [9.17, 15) is 26.4 Å². The summed E-state index contributed by atoms with van der Waals surface area (Å²) < 4.78 is 62.8. The highest BCUT2D eigenvalue weighted by Gasteiger charge is 2.32. The molecule has 6 nitrogen and oxygen atoms in total. The van der Waals surface area contributed by atoms with Crippen LogP contribution in [-0.4, -0.2) is 56.7 Å². The van der Waals surface area contributed by atoms with Crippen LogP contribution >= 0.6 is 0 Å². The maximum Gasteiger partial charge on any atom is 0.573 e. The minimum Gasteiger partial charge on any atom is -0.406 e. The van der Waals surface area contributed by atoms with Gasteiger partial charge in [0.15, 0.2) is 9.84 Å². The van der Waals surface area contributed by atoms with E-state index in [1.165, 1.54) is 12.1 Å². The van der Waals surface area contributed by atoms with Crippen LogP contribution in [0.2, 0.25) is 0 Å². The fourth-order valence-corrected chi connectivity index (χ4v) is 4.22. The number of nitrogens with zero attached hydrogens (tertiary/aromatic N) is 1. The number of anilines is 1. The van der Waals surface area contributed by atoms with Gasteiger partial charge in [-0.2, -0.15) is 0 Å². The molecule has 1 aromatic carbocycles. The first-order valence-electron chi connectivity index (χ1n) is 7.10. The number of halogens is 3. The van der Waals surface area contributed by atoms with Gasteiger partial charge < -0.3 is 10.1 Å². The highest BCUT2D eigenvalue weighted by Crippen LogP contribution is 2.24. The Morgan fingerprint density at radius 2 is 1.96 bits per heavy atom. The first kappa shape index (κ1) is 18.5. The monoisotopic (exact) mass is 366 g/mol. The SMILES string of the molecule is CN(CC(=O)Nc1ccc(OC(F)(F)F)cc1)[C@H]1CCS(=O)(=O)C1. The topological polar surface area (TPSA) is 75.7 Å². The van der Waals surface area contributed by atoms with Crippen LogP contribution in [0.1, 0.15) is 6.42 Å². The van der Waals surface area contributed by atoms with Crippen molar-refractivity contribution < 1.29 is 31.1 Å². The summed E-state index contributed by atoms with van der Waals surface area (Å²) in [5.41, 5.74) is 0.321. The van der Waals surface area contributed by atoms with E-state index in [0.717, 1.165) is 12.1 Å². The van der Waals surface area contributed by atoms with E-state index in [-0.39, 0.29) is 35.7 Å². The molecule has 0 spiro atoms. The summed E-state index contributed by atoms with van der Waals surface area (Å²) in [6, 6.07) is 4.56. The third-order valence-electron chi connectivity index (χ3n) is 3.60. The second-order valence-electron chi connectivity index (χ2n) is 5.59. The van der Waals surface area contributed by atoms with Gasteiger partial charge in [-0.25, -0.2) is 8.42 Å². The van der Waals surface area contributed by atoms with Crippen LogP contribution < -0.4 is 10.1 Å². The first-order valence-corrected chi connectivity index (χ1v) is 8.92. The molecule has 0 aliphatic carbocycles. The molecule has 1 saturated heterocycles. The smallest absolute Gasteiger partial charge is 0.406 e. The number of benzene rings is 1. The minimum absolute atomic E-state index is 0.0129. The Morgan fingerprint density at radius 1 is 1.33 bits per heavy atom. The van der Waals surface area contributed by atoms with Crippen molar-refractivity contribution in [3.63, 3.8) is 0 Å². The van der Waals surface area contributed by atoms with Crippen molar-refractivity contribution in [3.05, 3.63) is 24.3 Å². The molecular formula is C14H17F3N2O4S. The lowest BCUT2D eigenvalue weighted by atomic mass is 10.2. The molecule has 1 fully saturated rings. The fourth-order valence-electron chi connectivity index (χ4n) is 2.42. The summed E-state index contributed by atoms with van der Waals surface area (Å²) >= 11 is 0. The van der Waals surface area contributed by atoms with E-state index in [0.29, 0.717) is 12.1 Å². The number of nitrogens with one attached hydrogen (secondary N) is 1. The summed E-state index contributed by atoms with van der Waals surface area (Å²) in [6.07, 6.45) is -4.29. The van der Waals surface area contributed by atoms with Gasteiger partial charge in [-0.15, -0.1) is 13.2 Å². The van der Waals surface area contributed by atoms with Crippen LogP contribution in [-0.2, 0) is 14.6 Å². The lowest BCUT2D eigenvalue weighted by Gasteiger charge is -2.22. The Kier molecular flexibility index (Phi) is 5.38. The summed E-state index contributed by atoms with van der Waals surface area (Å²) in [4.78, 5) is 13.6. The average Bonchev–Trinajstić information content (AvgIpc) is 2.80. The zero-order chi connectivity index (χ0) is 18.0. The molecule has 1 atom stereocenters. The van der Waals surface area contributed by atoms with Crippen molar-refractivity contribution in [2.75, 3.05) is 30.4 Å². The van der Waals surface area contributed by atoms with Crippen LogP contribution in [0.5, 0.6) is 5.75 Å². The number of hydrogen-bond donors (Lipinski definition) is 1. The van der Waals surface area contributed by atoms with Crippen LogP contribution in [0.4, 0.5) is 18.9 Å². The molecule has 1 heterocycles. The number of carbonyl (C=O) groups excluding carboxylic acids is 1. The molecule has 2 rings (SSSR count). The predicted molar refractivity (Wildman–Crippen MR) is 81.4 cm³/mol. The number of rotatable bonds is 5. The summed E-state index contributed by atoms with van der Waals surface area (Å²) in [5, 5.41) is 2.54. The normalized spacial score (nSPS) is 20.1. The molecule has 0 bridgehead atoms. The van der Waals surface area contributed by atoms with Gasteiger partial charge in [0.1, 0.15) is 5.75 Å². The Labute approximate surface area is 137 Å². The van der Waals surface area contributed by atoms with Crippen molar-refractivity contribution in [1.29, 1.82) is 0 Å². The quantitative estimate of drug-likeness (QED) is 0.858. The molecule has 24 heavy (non-hydrogen) atoms. The van der Waals surface area contributed by atoms with Gasteiger partial charge in [0, 0.05) is 11.7 Å². The highest BCUT2D eigenvalue weighted by atomic mass is 32.2. The molecule has 0 saturated carbocycles.